The molecule has 8 nitrogen and oxygen atoms in total. The van der Waals surface area contributed by atoms with E-state index in [-0.39, 0.29) is 5.91 Å². The van der Waals surface area contributed by atoms with Gasteiger partial charge in [0.25, 0.3) is 11.8 Å². The van der Waals surface area contributed by atoms with E-state index in [4.69, 9.17) is 11.6 Å². The third-order valence-corrected chi connectivity index (χ3v) is 6.01. The number of nitrogens with one attached hydrogen (secondary N) is 3. The number of aryl methyl sites for hydroxylation is 1. The van der Waals surface area contributed by atoms with Crippen LogP contribution in [0.25, 0.3) is 0 Å². The molecule has 1 unspecified atom stereocenters. The van der Waals surface area contributed by atoms with Crippen molar-refractivity contribution in [2.45, 2.75) is 19.4 Å². The summed E-state index contributed by atoms with van der Waals surface area (Å²) in [5.74, 6) is -1.49. The molecule has 0 aromatic heterocycles. The van der Waals surface area contributed by atoms with Crippen molar-refractivity contribution in [1.29, 1.82) is 0 Å². The Bertz CT molecular complexity index is 1310. The number of hydrogen-bond acceptors (Lipinski definition) is 4. The Morgan fingerprint density at radius 1 is 0.914 bits per heavy atom. The summed E-state index contributed by atoms with van der Waals surface area (Å²) in [6, 6.07) is 19.6. The number of halogens is 1. The fourth-order valence-corrected chi connectivity index (χ4v) is 3.88. The van der Waals surface area contributed by atoms with Crippen LogP contribution in [0.4, 0.5) is 16.2 Å². The molecule has 0 saturated carbocycles. The topological polar surface area (TPSA) is 108 Å². The number of amides is 5. The lowest BCUT2D eigenvalue weighted by Gasteiger charge is -2.22. The van der Waals surface area contributed by atoms with E-state index in [1.54, 1.807) is 67.6 Å². The van der Waals surface area contributed by atoms with Gasteiger partial charge < -0.3 is 16.0 Å². The van der Waals surface area contributed by atoms with Gasteiger partial charge in [0.2, 0.25) is 5.91 Å². The Morgan fingerprint density at radius 2 is 1.51 bits per heavy atom. The first-order chi connectivity index (χ1) is 16.7. The lowest BCUT2D eigenvalue weighted by atomic mass is 9.91. The molecule has 1 fully saturated rings. The first kappa shape index (κ1) is 24.0. The van der Waals surface area contributed by atoms with Gasteiger partial charge in [0.05, 0.1) is 11.4 Å². The van der Waals surface area contributed by atoms with Crippen LogP contribution in [0.2, 0.25) is 5.02 Å². The number of hydrogen-bond donors (Lipinski definition) is 3. The Kier molecular flexibility index (Phi) is 6.57. The molecule has 0 aliphatic carbocycles. The summed E-state index contributed by atoms with van der Waals surface area (Å²) in [4.78, 5) is 51.9. The van der Waals surface area contributed by atoms with Crippen molar-refractivity contribution >= 4 is 46.7 Å². The molecule has 1 saturated heterocycles. The molecule has 3 aromatic rings. The molecule has 1 aliphatic heterocycles. The highest BCUT2D eigenvalue weighted by Crippen LogP contribution is 2.29. The molecule has 4 rings (SSSR count). The average molecular weight is 491 g/mol. The molecule has 1 atom stereocenters. The second-order valence-corrected chi connectivity index (χ2v) is 8.80. The number of para-hydroxylation sites is 2. The van der Waals surface area contributed by atoms with Crippen molar-refractivity contribution in [2.75, 3.05) is 17.2 Å². The number of nitrogens with zero attached hydrogens (tertiary/aromatic N) is 1. The summed E-state index contributed by atoms with van der Waals surface area (Å²) >= 11 is 5.87. The lowest BCUT2D eigenvalue weighted by Crippen LogP contribution is -2.42. The lowest BCUT2D eigenvalue weighted by molar-refractivity contribution is -0.133. The van der Waals surface area contributed by atoms with Gasteiger partial charge in [-0.2, -0.15) is 0 Å². The summed E-state index contributed by atoms with van der Waals surface area (Å²) in [5, 5.41) is 8.61. The Labute approximate surface area is 207 Å². The summed E-state index contributed by atoms with van der Waals surface area (Å²) in [6.07, 6.45) is 0. The molecule has 0 radical (unpaired) electrons. The van der Waals surface area contributed by atoms with Crippen molar-refractivity contribution < 1.29 is 19.2 Å². The quantitative estimate of drug-likeness (QED) is 0.447. The SMILES string of the molecule is Cc1ccc(C2(C)NC(=O)N(CC(=O)Nc3ccccc3NC(=O)c3ccc(Cl)cc3)C2=O)cc1. The van der Waals surface area contributed by atoms with Crippen molar-refractivity contribution in [3.05, 3.63) is 94.5 Å². The molecule has 178 valence electrons. The molecule has 3 N–H and O–H groups in total. The zero-order valence-corrected chi connectivity index (χ0v) is 19.8. The van der Waals surface area contributed by atoms with Crippen LogP contribution < -0.4 is 16.0 Å². The Morgan fingerprint density at radius 3 is 2.14 bits per heavy atom. The molecule has 5 amide bonds. The van der Waals surface area contributed by atoms with Crippen molar-refractivity contribution in [2.24, 2.45) is 0 Å². The Balaban J connectivity index is 1.46. The monoisotopic (exact) mass is 490 g/mol. The number of imide groups is 1. The molecule has 3 aromatic carbocycles. The largest absolute Gasteiger partial charge is 0.325 e. The van der Waals surface area contributed by atoms with E-state index in [9.17, 15) is 19.2 Å². The zero-order chi connectivity index (χ0) is 25.2. The summed E-state index contributed by atoms with van der Waals surface area (Å²) < 4.78 is 0. The average Bonchev–Trinajstić information content (AvgIpc) is 3.05. The molecule has 1 heterocycles. The fourth-order valence-electron chi connectivity index (χ4n) is 3.75. The molecular weight excluding hydrogens is 468 g/mol. The Hall–Kier alpha value is -4.17. The van der Waals surface area contributed by atoms with Crippen LogP contribution >= 0.6 is 11.6 Å². The van der Waals surface area contributed by atoms with Crippen LogP contribution in [0.15, 0.2) is 72.8 Å². The van der Waals surface area contributed by atoms with Gasteiger partial charge in [-0.3, -0.25) is 19.3 Å². The second-order valence-electron chi connectivity index (χ2n) is 8.37. The molecular formula is C26H23ClN4O4. The highest BCUT2D eigenvalue weighted by Gasteiger charge is 2.49. The van der Waals surface area contributed by atoms with E-state index in [0.717, 1.165) is 10.5 Å². The fraction of sp³-hybridized carbons (Fsp3) is 0.154. The summed E-state index contributed by atoms with van der Waals surface area (Å²) in [5.41, 5.74) is 1.46. The minimum atomic E-state index is -1.27. The van der Waals surface area contributed by atoms with Crippen molar-refractivity contribution in [1.82, 2.24) is 10.2 Å². The van der Waals surface area contributed by atoms with E-state index in [1.165, 1.54) is 0 Å². The number of carbonyl (C=O) groups excluding carboxylic acids is 4. The predicted octanol–water partition coefficient (Wildman–Crippen LogP) is 4.31. The van der Waals surface area contributed by atoms with Gasteiger partial charge >= 0.3 is 6.03 Å². The minimum Gasteiger partial charge on any atom is -0.323 e. The number of benzene rings is 3. The van der Waals surface area contributed by atoms with Gasteiger partial charge in [0.1, 0.15) is 12.1 Å². The molecule has 1 aliphatic rings. The maximum absolute atomic E-state index is 13.1. The first-order valence-corrected chi connectivity index (χ1v) is 11.2. The summed E-state index contributed by atoms with van der Waals surface area (Å²) in [6.45, 7) is 3.05. The second kappa shape index (κ2) is 9.60. The van der Waals surface area contributed by atoms with E-state index < -0.39 is 29.9 Å². The minimum absolute atomic E-state index is 0.327. The maximum Gasteiger partial charge on any atom is 0.325 e. The van der Waals surface area contributed by atoms with E-state index in [0.29, 0.717) is 27.5 Å². The smallest absolute Gasteiger partial charge is 0.323 e. The highest BCUT2D eigenvalue weighted by molar-refractivity contribution is 6.30. The van der Waals surface area contributed by atoms with Crippen LogP contribution in [-0.4, -0.2) is 35.2 Å². The third kappa shape index (κ3) is 5.02. The van der Waals surface area contributed by atoms with Crippen LogP contribution in [-0.2, 0) is 15.1 Å². The van der Waals surface area contributed by atoms with Crippen LogP contribution in [0.3, 0.4) is 0 Å². The number of rotatable bonds is 6. The zero-order valence-electron chi connectivity index (χ0n) is 19.1. The standard InChI is InChI=1S/C26H23ClN4O4/c1-16-7-11-18(12-8-16)26(2)24(34)31(25(35)30-26)15-22(32)28-20-5-3-4-6-21(20)29-23(33)17-9-13-19(27)14-10-17/h3-14H,15H2,1-2H3,(H,28,32)(H,29,33)(H,30,35). The van der Waals surface area contributed by atoms with Gasteiger partial charge in [0.15, 0.2) is 0 Å². The van der Waals surface area contributed by atoms with Gasteiger partial charge in [-0.15, -0.1) is 0 Å². The number of anilines is 2. The van der Waals surface area contributed by atoms with Gasteiger partial charge in [-0.05, 0) is 55.8 Å². The molecule has 0 bridgehead atoms. The highest BCUT2D eigenvalue weighted by atomic mass is 35.5. The predicted molar refractivity (Wildman–Crippen MR) is 133 cm³/mol. The number of urea groups is 1. The first-order valence-electron chi connectivity index (χ1n) is 10.8. The van der Waals surface area contributed by atoms with Gasteiger partial charge in [-0.1, -0.05) is 53.6 Å². The third-order valence-electron chi connectivity index (χ3n) is 5.76. The molecule has 0 spiro atoms. The normalized spacial score (nSPS) is 17.2. The van der Waals surface area contributed by atoms with E-state index >= 15 is 0 Å². The molecule has 9 heteroatoms. The van der Waals surface area contributed by atoms with Gasteiger partial charge in [0, 0.05) is 10.6 Å². The number of carbonyl (C=O) groups is 4. The van der Waals surface area contributed by atoms with Crippen LogP contribution in [0.5, 0.6) is 0 Å². The van der Waals surface area contributed by atoms with E-state index in [2.05, 4.69) is 16.0 Å². The van der Waals surface area contributed by atoms with E-state index in [1.807, 2.05) is 19.1 Å². The van der Waals surface area contributed by atoms with Gasteiger partial charge in [-0.25, -0.2) is 4.79 Å². The molecule has 35 heavy (non-hydrogen) atoms. The van der Waals surface area contributed by atoms with Crippen LogP contribution in [0, 0.1) is 6.92 Å². The van der Waals surface area contributed by atoms with Crippen molar-refractivity contribution in [3.8, 4) is 0 Å². The summed E-state index contributed by atoms with van der Waals surface area (Å²) in [7, 11) is 0. The van der Waals surface area contributed by atoms with Crippen LogP contribution in [0.1, 0.15) is 28.4 Å². The van der Waals surface area contributed by atoms with Crippen molar-refractivity contribution in [3.63, 3.8) is 0 Å². The maximum atomic E-state index is 13.1.